The SMILES string of the molecule is COc1cccc(CCN2c3cccnc3CCC2C(C)(C(N)=O)c2ccccc2)c1. The lowest BCUT2D eigenvalue weighted by atomic mass is 9.71. The van der Waals surface area contributed by atoms with E-state index in [0.29, 0.717) is 0 Å². The van der Waals surface area contributed by atoms with Crippen LogP contribution in [0, 0.1) is 0 Å². The van der Waals surface area contributed by atoms with Crippen LogP contribution in [0.15, 0.2) is 72.9 Å². The normalized spacial score (nSPS) is 17.5. The van der Waals surface area contributed by atoms with Crippen LogP contribution in [-0.4, -0.2) is 30.6 Å². The van der Waals surface area contributed by atoms with Gasteiger partial charge in [0.1, 0.15) is 5.75 Å². The van der Waals surface area contributed by atoms with Crippen molar-refractivity contribution in [2.75, 3.05) is 18.6 Å². The van der Waals surface area contributed by atoms with Gasteiger partial charge in [0.25, 0.3) is 0 Å². The summed E-state index contributed by atoms with van der Waals surface area (Å²) in [4.78, 5) is 19.8. The summed E-state index contributed by atoms with van der Waals surface area (Å²) in [5.41, 5.74) is 9.55. The average Bonchev–Trinajstić information content (AvgIpc) is 2.82. The molecule has 0 spiro atoms. The maximum absolute atomic E-state index is 12.9. The molecule has 160 valence electrons. The number of methoxy groups -OCH3 is 1. The lowest BCUT2D eigenvalue weighted by Gasteiger charge is -2.47. The predicted octanol–water partition coefficient (Wildman–Crippen LogP) is 3.90. The Labute approximate surface area is 183 Å². The first-order valence-corrected chi connectivity index (χ1v) is 10.7. The first-order valence-electron chi connectivity index (χ1n) is 10.7. The van der Waals surface area contributed by atoms with Crippen LogP contribution < -0.4 is 15.4 Å². The molecule has 0 radical (unpaired) electrons. The number of hydrogen-bond acceptors (Lipinski definition) is 4. The van der Waals surface area contributed by atoms with Gasteiger partial charge in [-0.15, -0.1) is 0 Å². The van der Waals surface area contributed by atoms with Crippen LogP contribution in [0.1, 0.15) is 30.2 Å². The second-order valence-electron chi connectivity index (χ2n) is 8.25. The largest absolute Gasteiger partial charge is 0.497 e. The lowest BCUT2D eigenvalue weighted by Crippen LogP contribution is -2.58. The van der Waals surface area contributed by atoms with Gasteiger partial charge in [0.2, 0.25) is 5.91 Å². The number of benzene rings is 2. The highest BCUT2D eigenvalue weighted by molar-refractivity contribution is 5.88. The van der Waals surface area contributed by atoms with Crippen LogP contribution in [0.25, 0.3) is 0 Å². The van der Waals surface area contributed by atoms with Crippen LogP contribution in [-0.2, 0) is 23.1 Å². The van der Waals surface area contributed by atoms with Crippen molar-refractivity contribution in [1.82, 2.24) is 4.98 Å². The number of ether oxygens (including phenoxy) is 1. The van der Waals surface area contributed by atoms with Crippen LogP contribution in [0.4, 0.5) is 5.69 Å². The molecule has 0 saturated heterocycles. The van der Waals surface area contributed by atoms with Gasteiger partial charge in [0.15, 0.2) is 0 Å². The number of aryl methyl sites for hydroxylation is 1. The minimum absolute atomic E-state index is 0.0605. The molecule has 5 heteroatoms. The molecule has 0 fully saturated rings. The number of aromatic nitrogens is 1. The number of rotatable bonds is 7. The minimum atomic E-state index is -0.816. The summed E-state index contributed by atoms with van der Waals surface area (Å²) in [5, 5.41) is 0. The van der Waals surface area contributed by atoms with Crippen LogP contribution in [0.3, 0.4) is 0 Å². The van der Waals surface area contributed by atoms with Crippen molar-refractivity contribution in [2.24, 2.45) is 5.73 Å². The number of carbonyl (C=O) groups is 1. The Morgan fingerprint density at radius 3 is 2.71 bits per heavy atom. The Morgan fingerprint density at radius 2 is 1.97 bits per heavy atom. The van der Waals surface area contributed by atoms with E-state index in [9.17, 15) is 4.79 Å². The first kappa shape index (κ1) is 20.9. The smallest absolute Gasteiger partial charge is 0.229 e. The highest BCUT2D eigenvalue weighted by Gasteiger charge is 2.46. The van der Waals surface area contributed by atoms with Gasteiger partial charge in [-0.1, -0.05) is 42.5 Å². The number of amides is 1. The second kappa shape index (κ2) is 8.80. The van der Waals surface area contributed by atoms with Gasteiger partial charge in [0.05, 0.1) is 23.9 Å². The predicted molar refractivity (Wildman–Crippen MR) is 123 cm³/mol. The van der Waals surface area contributed by atoms with Gasteiger partial charge in [-0.2, -0.15) is 0 Å². The Kier molecular flexibility index (Phi) is 5.94. The number of primary amides is 1. The number of pyridine rings is 1. The molecule has 1 amide bonds. The molecule has 0 aliphatic carbocycles. The van der Waals surface area contributed by atoms with Crippen molar-refractivity contribution in [1.29, 1.82) is 0 Å². The first-order chi connectivity index (χ1) is 15.0. The van der Waals surface area contributed by atoms with Gasteiger partial charge >= 0.3 is 0 Å². The summed E-state index contributed by atoms with van der Waals surface area (Å²) < 4.78 is 5.38. The van der Waals surface area contributed by atoms with Crippen molar-refractivity contribution < 1.29 is 9.53 Å². The number of nitrogens with two attached hydrogens (primary N) is 1. The monoisotopic (exact) mass is 415 g/mol. The second-order valence-corrected chi connectivity index (χ2v) is 8.25. The molecule has 3 aromatic rings. The van der Waals surface area contributed by atoms with Gasteiger partial charge in [-0.25, -0.2) is 0 Å². The zero-order valence-corrected chi connectivity index (χ0v) is 18.1. The van der Waals surface area contributed by atoms with Crippen molar-refractivity contribution >= 4 is 11.6 Å². The summed E-state index contributed by atoms with van der Waals surface area (Å²) in [6, 6.07) is 22.0. The number of nitrogens with zero attached hydrogens (tertiary/aromatic N) is 2. The van der Waals surface area contributed by atoms with Gasteiger partial charge in [-0.3, -0.25) is 9.78 Å². The third-order valence-electron chi connectivity index (χ3n) is 6.53. The minimum Gasteiger partial charge on any atom is -0.497 e. The number of fused-ring (bicyclic) bond motifs is 1. The molecule has 1 aromatic heterocycles. The Morgan fingerprint density at radius 1 is 1.16 bits per heavy atom. The standard InChI is InChI=1S/C26H29N3O2/c1-26(25(27)30,20-9-4-3-5-10-20)24-14-13-22-23(12-7-16-28-22)29(24)17-15-19-8-6-11-21(18-19)31-2/h3-12,16,18,24H,13-15,17H2,1-2H3,(H2,27,30). The van der Waals surface area contributed by atoms with E-state index in [2.05, 4.69) is 28.1 Å². The van der Waals surface area contributed by atoms with Crippen LogP contribution in [0.5, 0.6) is 5.75 Å². The molecule has 5 nitrogen and oxygen atoms in total. The number of anilines is 1. The third kappa shape index (κ3) is 4.00. The van der Waals surface area contributed by atoms with E-state index in [-0.39, 0.29) is 11.9 Å². The number of carbonyl (C=O) groups excluding carboxylic acids is 1. The highest BCUT2D eigenvalue weighted by Crippen LogP contribution is 2.40. The Bertz CT molecular complexity index is 1050. The fourth-order valence-corrected chi connectivity index (χ4v) is 4.72. The summed E-state index contributed by atoms with van der Waals surface area (Å²) in [7, 11) is 1.68. The molecule has 31 heavy (non-hydrogen) atoms. The van der Waals surface area contributed by atoms with Crippen LogP contribution in [0.2, 0.25) is 0 Å². The quantitative estimate of drug-likeness (QED) is 0.636. The fourth-order valence-electron chi connectivity index (χ4n) is 4.72. The molecule has 2 aromatic carbocycles. The van der Waals surface area contributed by atoms with Gasteiger partial charge < -0.3 is 15.4 Å². The van der Waals surface area contributed by atoms with Crippen molar-refractivity contribution in [3.05, 3.63) is 89.7 Å². The van der Waals surface area contributed by atoms with E-state index < -0.39 is 5.41 Å². The average molecular weight is 416 g/mol. The van der Waals surface area contributed by atoms with Crippen molar-refractivity contribution in [2.45, 2.75) is 37.6 Å². The molecular formula is C26H29N3O2. The van der Waals surface area contributed by atoms with E-state index in [4.69, 9.17) is 10.5 Å². The van der Waals surface area contributed by atoms with E-state index in [1.165, 1.54) is 5.56 Å². The molecule has 0 saturated carbocycles. The molecular weight excluding hydrogens is 386 g/mol. The van der Waals surface area contributed by atoms with Gasteiger partial charge in [0, 0.05) is 18.8 Å². The Hall–Kier alpha value is -3.34. The zero-order valence-electron chi connectivity index (χ0n) is 18.1. The fraction of sp³-hybridized carbons (Fsp3) is 0.308. The Balaban J connectivity index is 1.72. The molecule has 2 atom stereocenters. The van der Waals surface area contributed by atoms with Gasteiger partial charge in [-0.05, 0) is 61.6 Å². The lowest BCUT2D eigenvalue weighted by molar-refractivity contribution is -0.123. The third-order valence-corrected chi connectivity index (χ3v) is 6.53. The molecule has 2 unspecified atom stereocenters. The molecule has 2 heterocycles. The van der Waals surface area contributed by atoms with E-state index >= 15 is 0 Å². The number of hydrogen-bond donors (Lipinski definition) is 1. The maximum atomic E-state index is 12.9. The molecule has 4 rings (SSSR count). The highest BCUT2D eigenvalue weighted by atomic mass is 16.5. The molecule has 2 N–H and O–H groups in total. The molecule has 0 bridgehead atoms. The van der Waals surface area contributed by atoms with E-state index in [0.717, 1.165) is 48.5 Å². The summed E-state index contributed by atoms with van der Waals surface area (Å²) >= 11 is 0. The van der Waals surface area contributed by atoms with Crippen molar-refractivity contribution in [3.63, 3.8) is 0 Å². The zero-order chi connectivity index (χ0) is 21.8. The maximum Gasteiger partial charge on any atom is 0.229 e. The van der Waals surface area contributed by atoms with Crippen LogP contribution >= 0.6 is 0 Å². The summed E-state index contributed by atoms with van der Waals surface area (Å²) in [5.74, 6) is 0.545. The van der Waals surface area contributed by atoms with E-state index in [1.807, 2.05) is 61.7 Å². The summed E-state index contributed by atoms with van der Waals surface area (Å²) in [6.45, 7) is 2.74. The van der Waals surface area contributed by atoms with Crippen molar-refractivity contribution in [3.8, 4) is 5.75 Å². The summed E-state index contributed by atoms with van der Waals surface area (Å²) in [6.07, 6.45) is 4.30. The van der Waals surface area contributed by atoms with E-state index in [1.54, 1.807) is 7.11 Å². The topological polar surface area (TPSA) is 68.4 Å². The molecule has 1 aliphatic rings. The molecule has 1 aliphatic heterocycles.